The summed E-state index contributed by atoms with van der Waals surface area (Å²) in [5, 5.41) is 12.0. The summed E-state index contributed by atoms with van der Waals surface area (Å²) >= 11 is 1.14. The molecule has 0 aliphatic heterocycles. The molecule has 2 aromatic heterocycles. The van der Waals surface area contributed by atoms with E-state index in [1.54, 1.807) is 24.4 Å². The minimum Gasteiger partial charge on any atom is -0.362 e. The van der Waals surface area contributed by atoms with E-state index in [0.717, 1.165) is 17.6 Å². The van der Waals surface area contributed by atoms with Crippen LogP contribution in [-0.2, 0) is 14.6 Å². The molecule has 1 amide bonds. The molecule has 126 valence electrons. The number of amides is 1. The van der Waals surface area contributed by atoms with Crippen molar-refractivity contribution in [3.63, 3.8) is 0 Å². The molecule has 0 fully saturated rings. The molecule has 0 bridgehead atoms. The van der Waals surface area contributed by atoms with Gasteiger partial charge in [-0.25, -0.2) is 13.4 Å². The number of benzene rings is 1. The Balaban J connectivity index is 1.87. The normalized spacial score (nSPS) is 12.1. The average molecular weight is 372 g/mol. The molecule has 2 N–H and O–H groups in total. The summed E-state index contributed by atoms with van der Waals surface area (Å²) in [6, 6.07) is 9.90. The summed E-state index contributed by atoms with van der Waals surface area (Å²) in [4.78, 5) is 19.5. The van der Waals surface area contributed by atoms with Crippen molar-refractivity contribution in [3.8, 4) is 6.07 Å². The van der Waals surface area contributed by atoms with E-state index < -0.39 is 15.7 Å². The Morgan fingerprint density at radius 1 is 1.40 bits per heavy atom. The summed E-state index contributed by atoms with van der Waals surface area (Å²) < 4.78 is 23.8. The van der Waals surface area contributed by atoms with Crippen LogP contribution >= 0.6 is 11.3 Å². The van der Waals surface area contributed by atoms with Crippen molar-refractivity contribution in [1.82, 2.24) is 9.97 Å². The van der Waals surface area contributed by atoms with Gasteiger partial charge < -0.3 is 4.98 Å². The number of hydrogen-bond acceptors (Lipinski definition) is 6. The minimum atomic E-state index is -3.32. The number of H-pyrrole nitrogens is 1. The number of thiazole rings is 1. The van der Waals surface area contributed by atoms with Gasteiger partial charge in [-0.2, -0.15) is 5.26 Å². The average Bonchev–Trinajstić information content (AvgIpc) is 3.19. The lowest BCUT2D eigenvalue weighted by molar-refractivity contribution is -0.112. The Hall–Kier alpha value is -2.96. The van der Waals surface area contributed by atoms with Crippen LogP contribution in [-0.4, -0.2) is 30.5 Å². The Kier molecular flexibility index (Phi) is 4.39. The van der Waals surface area contributed by atoms with Crippen molar-refractivity contribution >= 4 is 48.5 Å². The fourth-order valence-corrected chi connectivity index (χ4v) is 3.71. The van der Waals surface area contributed by atoms with E-state index in [1.807, 2.05) is 6.07 Å². The Morgan fingerprint density at radius 3 is 2.84 bits per heavy atom. The fraction of sp³-hybridized carbons (Fsp3) is 0.0625. The number of fused-ring (bicyclic) bond motifs is 1. The van der Waals surface area contributed by atoms with Crippen LogP contribution in [0.15, 0.2) is 47.0 Å². The third-order valence-corrected chi connectivity index (χ3v) is 5.34. The molecule has 0 unspecified atom stereocenters. The van der Waals surface area contributed by atoms with Crippen molar-refractivity contribution in [1.29, 1.82) is 5.26 Å². The number of carbonyl (C=O) groups is 1. The molecule has 0 aliphatic carbocycles. The molecular weight excluding hydrogens is 360 g/mol. The number of aromatic nitrogens is 2. The van der Waals surface area contributed by atoms with Gasteiger partial charge in [0.15, 0.2) is 15.0 Å². The maximum Gasteiger partial charge on any atom is 0.268 e. The Labute approximate surface area is 147 Å². The van der Waals surface area contributed by atoms with E-state index in [9.17, 15) is 13.2 Å². The first-order valence-electron chi connectivity index (χ1n) is 7.04. The summed E-state index contributed by atoms with van der Waals surface area (Å²) in [5.41, 5.74) is 1.13. The van der Waals surface area contributed by atoms with Gasteiger partial charge in [0.2, 0.25) is 0 Å². The highest BCUT2D eigenvalue weighted by atomic mass is 32.2. The van der Waals surface area contributed by atoms with Crippen molar-refractivity contribution < 1.29 is 13.2 Å². The number of aromatic amines is 1. The molecule has 3 rings (SSSR count). The first kappa shape index (κ1) is 16.9. The molecule has 3 aromatic rings. The number of hydrogen-bond donors (Lipinski definition) is 2. The zero-order chi connectivity index (χ0) is 18.0. The van der Waals surface area contributed by atoms with Crippen molar-refractivity contribution in [2.24, 2.45) is 0 Å². The number of anilines is 1. The number of nitrogens with zero attached hydrogens (tertiary/aromatic N) is 2. The summed E-state index contributed by atoms with van der Waals surface area (Å²) in [6.07, 6.45) is 4.25. The van der Waals surface area contributed by atoms with Gasteiger partial charge in [0, 0.05) is 18.1 Å². The second-order valence-electron chi connectivity index (χ2n) is 5.17. The van der Waals surface area contributed by atoms with Gasteiger partial charge in [0.05, 0.1) is 15.1 Å². The standard InChI is InChI=1S/C16H12N4O3S2/c1-25(22,23)12-4-5-13-14(8-12)24-16(19-13)20-15(21)10(9-17)7-11-3-2-6-18-11/h2-8,18H,1H3,(H,19,20,21)/b10-7+. The van der Waals surface area contributed by atoms with Gasteiger partial charge in [0.1, 0.15) is 11.6 Å². The van der Waals surface area contributed by atoms with E-state index in [2.05, 4.69) is 15.3 Å². The predicted molar refractivity (Wildman–Crippen MR) is 95.7 cm³/mol. The largest absolute Gasteiger partial charge is 0.362 e. The molecule has 9 heteroatoms. The lowest BCUT2D eigenvalue weighted by Crippen LogP contribution is -2.13. The van der Waals surface area contributed by atoms with Crippen LogP contribution in [0, 0.1) is 11.3 Å². The highest BCUT2D eigenvalue weighted by molar-refractivity contribution is 7.90. The van der Waals surface area contributed by atoms with Gasteiger partial charge in [-0.15, -0.1) is 0 Å². The Bertz CT molecular complexity index is 1120. The molecule has 0 aliphatic rings. The Morgan fingerprint density at radius 2 is 2.20 bits per heavy atom. The van der Waals surface area contributed by atoms with Crippen LogP contribution in [0.4, 0.5) is 5.13 Å². The van der Waals surface area contributed by atoms with Crippen LogP contribution in [0.25, 0.3) is 16.3 Å². The van der Waals surface area contributed by atoms with Gasteiger partial charge in [0.25, 0.3) is 5.91 Å². The van der Waals surface area contributed by atoms with Crippen LogP contribution in [0.1, 0.15) is 5.69 Å². The quantitative estimate of drug-likeness (QED) is 0.539. The van der Waals surface area contributed by atoms with E-state index in [-0.39, 0.29) is 10.5 Å². The molecule has 0 saturated heterocycles. The number of sulfone groups is 1. The van der Waals surface area contributed by atoms with Crippen LogP contribution < -0.4 is 5.32 Å². The fourth-order valence-electron chi connectivity index (χ4n) is 2.09. The van der Waals surface area contributed by atoms with Crippen LogP contribution in [0.3, 0.4) is 0 Å². The maximum atomic E-state index is 12.2. The molecule has 0 atom stereocenters. The third kappa shape index (κ3) is 3.76. The second-order valence-corrected chi connectivity index (χ2v) is 8.22. The molecule has 0 radical (unpaired) electrons. The summed E-state index contributed by atoms with van der Waals surface area (Å²) in [6.45, 7) is 0. The lowest BCUT2D eigenvalue weighted by atomic mass is 10.2. The van der Waals surface area contributed by atoms with Gasteiger partial charge >= 0.3 is 0 Å². The molecule has 0 saturated carbocycles. The van der Waals surface area contributed by atoms with Crippen LogP contribution in [0.5, 0.6) is 0 Å². The minimum absolute atomic E-state index is 0.0708. The monoisotopic (exact) mass is 372 g/mol. The van der Waals surface area contributed by atoms with Crippen molar-refractivity contribution in [3.05, 3.63) is 47.8 Å². The van der Waals surface area contributed by atoms with Crippen LogP contribution in [0.2, 0.25) is 0 Å². The van der Waals surface area contributed by atoms with E-state index in [0.29, 0.717) is 21.0 Å². The summed E-state index contributed by atoms with van der Waals surface area (Å²) in [7, 11) is -3.32. The highest BCUT2D eigenvalue weighted by Gasteiger charge is 2.14. The zero-order valence-electron chi connectivity index (χ0n) is 13.0. The van der Waals surface area contributed by atoms with Gasteiger partial charge in [-0.1, -0.05) is 11.3 Å². The lowest BCUT2D eigenvalue weighted by Gasteiger charge is -1.98. The molecule has 2 heterocycles. The van der Waals surface area contributed by atoms with Crippen molar-refractivity contribution in [2.75, 3.05) is 11.6 Å². The highest BCUT2D eigenvalue weighted by Crippen LogP contribution is 2.28. The van der Waals surface area contributed by atoms with Gasteiger partial charge in [-0.3, -0.25) is 10.1 Å². The first-order chi connectivity index (χ1) is 11.9. The van der Waals surface area contributed by atoms with E-state index in [1.165, 1.54) is 18.2 Å². The molecule has 1 aromatic carbocycles. The van der Waals surface area contributed by atoms with E-state index in [4.69, 9.17) is 5.26 Å². The van der Waals surface area contributed by atoms with Crippen molar-refractivity contribution in [2.45, 2.75) is 4.90 Å². The molecule has 0 spiro atoms. The molecular formula is C16H12N4O3S2. The smallest absolute Gasteiger partial charge is 0.268 e. The summed E-state index contributed by atoms with van der Waals surface area (Å²) in [5.74, 6) is -0.584. The molecule has 7 nitrogen and oxygen atoms in total. The predicted octanol–water partition coefficient (Wildman–Crippen LogP) is 2.57. The third-order valence-electron chi connectivity index (χ3n) is 3.30. The number of rotatable bonds is 4. The number of carbonyl (C=O) groups excluding carboxylic acids is 1. The van der Waals surface area contributed by atoms with Gasteiger partial charge in [-0.05, 0) is 36.4 Å². The van der Waals surface area contributed by atoms with E-state index >= 15 is 0 Å². The maximum absolute atomic E-state index is 12.2. The topological polar surface area (TPSA) is 116 Å². The number of nitrogens with one attached hydrogen (secondary N) is 2. The second kappa shape index (κ2) is 6.51. The molecule has 25 heavy (non-hydrogen) atoms. The zero-order valence-corrected chi connectivity index (χ0v) is 14.6. The SMILES string of the molecule is CS(=O)(=O)c1ccc2nc(NC(=O)/C(C#N)=C/c3ccc[nH]3)sc2c1. The number of nitriles is 1. The first-order valence-corrected chi connectivity index (χ1v) is 9.75.